The van der Waals surface area contributed by atoms with Crippen molar-refractivity contribution >= 4 is 11.7 Å². The second-order valence-electron chi connectivity index (χ2n) is 6.93. The van der Waals surface area contributed by atoms with E-state index in [1.165, 1.54) is 10.7 Å². The summed E-state index contributed by atoms with van der Waals surface area (Å²) in [7, 11) is 0. The van der Waals surface area contributed by atoms with Crippen LogP contribution in [0.25, 0.3) is 17.4 Å². The van der Waals surface area contributed by atoms with Crippen molar-refractivity contribution in [2.24, 2.45) is 0 Å². The van der Waals surface area contributed by atoms with Gasteiger partial charge in [-0.05, 0) is 37.6 Å². The number of rotatable bonds is 6. The minimum atomic E-state index is -0.297. The molecule has 0 spiro atoms. The van der Waals surface area contributed by atoms with Crippen molar-refractivity contribution in [2.75, 3.05) is 5.32 Å². The molecule has 8 nitrogen and oxygen atoms in total. The number of aromatic nitrogens is 4. The first-order valence-electron chi connectivity index (χ1n) is 9.66. The van der Waals surface area contributed by atoms with Gasteiger partial charge in [-0.1, -0.05) is 31.0 Å². The normalized spacial score (nSPS) is 10.9. The third kappa shape index (κ3) is 4.07. The van der Waals surface area contributed by atoms with Gasteiger partial charge >= 0.3 is 0 Å². The average molecular weight is 403 g/mol. The predicted molar refractivity (Wildman–Crippen MR) is 113 cm³/mol. The van der Waals surface area contributed by atoms with Crippen LogP contribution in [0, 0.1) is 6.92 Å². The summed E-state index contributed by atoms with van der Waals surface area (Å²) in [6.45, 7) is 3.97. The molecule has 0 bridgehead atoms. The number of carbonyl (C=O) groups is 1. The van der Waals surface area contributed by atoms with E-state index in [1.807, 2.05) is 26.0 Å². The van der Waals surface area contributed by atoms with Gasteiger partial charge in [0.15, 0.2) is 5.76 Å². The third-order valence-electron chi connectivity index (χ3n) is 4.53. The maximum Gasteiger partial charge on any atom is 0.256 e. The molecular formula is C22H21N5O3. The van der Waals surface area contributed by atoms with Crippen LogP contribution in [0.5, 0.6) is 0 Å². The lowest BCUT2D eigenvalue weighted by atomic mass is 10.1. The highest BCUT2D eigenvalue weighted by Gasteiger charge is 2.18. The lowest BCUT2D eigenvalue weighted by Crippen LogP contribution is -2.19. The molecule has 0 unspecified atom stereocenters. The Kier molecular flexibility index (Phi) is 5.30. The summed E-state index contributed by atoms with van der Waals surface area (Å²) in [4.78, 5) is 32.1. The number of nitrogens with zero attached hydrogens (tertiary/aromatic N) is 3. The maximum absolute atomic E-state index is 12.8. The highest BCUT2D eigenvalue weighted by atomic mass is 16.3. The van der Waals surface area contributed by atoms with Crippen LogP contribution in [-0.2, 0) is 6.42 Å². The van der Waals surface area contributed by atoms with E-state index in [-0.39, 0.29) is 17.4 Å². The first-order valence-corrected chi connectivity index (χ1v) is 9.66. The summed E-state index contributed by atoms with van der Waals surface area (Å²) < 4.78 is 6.84. The Morgan fingerprint density at radius 2 is 2.00 bits per heavy atom. The fourth-order valence-corrected chi connectivity index (χ4v) is 3.05. The fraction of sp³-hybridized carbons (Fsp3) is 0.182. The number of benzene rings is 1. The van der Waals surface area contributed by atoms with E-state index >= 15 is 0 Å². The Bertz CT molecular complexity index is 1220. The first kappa shape index (κ1) is 19.4. The Labute approximate surface area is 172 Å². The summed E-state index contributed by atoms with van der Waals surface area (Å²) in [6, 6.07) is 13.9. The molecular weight excluding hydrogens is 382 g/mol. The van der Waals surface area contributed by atoms with Crippen LogP contribution < -0.4 is 10.9 Å². The van der Waals surface area contributed by atoms with E-state index in [9.17, 15) is 9.59 Å². The number of hydrogen-bond acceptors (Lipinski definition) is 5. The van der Waals surface area contributed by atoms with Crippen molar-refractivity contribution in [3.05, 3.63) is 82.0 Å². The van der Waals surface area contributed by atoms with Gasteiger partial charge in [0.05, 0.1) is 6.26 Å². The van der Waals surface area contributed by atoms with E-state index in [0.717, 1.165) is 12.0 Å². The first-order chi connectivity index (χ1) is 14.5. The van der Waals surface area contributed by atoms with Crippen molar-refractivity contribution < 1.29 is 9.21 Å². The molecule has 0 saturated heterocycles. The maximum atomic E-state index is 12.8. The summed E-state index contributed by atoms with van der Waals surface area (Å²) in [5.74, 6) is 0.826. The van der Waals surface area contributed by atoms with Crippen LogP contribution >= 0.6 is 0 Å². The Morgan fingerprint density at radius 3 is 2.70 bits per heavy atom. The number of H-pyrrole nitrogens is 1. The molecule has 0 atom stereocenters. The Balaban J connectivity index is 1.76. The van der Waals surface area contributed by atoms with Crippen LogP contribution in [0.4, 0.5) is 5.82 Å². The molecule has 4 rings (SSSR count). The quantitative estimate of drug-likeness (QED) is 0.510. The van der Waals surface area contributed by atoms with Crippen LogP contribution in [0.2, 0.25) is 0 Å². The van der Waals surface area contributed by atoms with Crippen LogP contribution in [0.1, 0.15) is 35.0 Å². The van der Waals surface area contributed by atoms with Crippen molar-refractivity contribution in [3.63, 3.8) is 0 Å². The summed E-state index contributed by atoms with van der Waals surface area (Å²) in [5, 5.41) is 7.36. The second-order valence-corrected chi connectivity index (χ2v) is 6.93. The van der Waals surface area contributed by atoms with Crippen molar-refractivity contribution in [3.8, 4) is 17.4 Å². The SMILES string of the molecule is CCCc1cc(=O)[nH]c(-n2nc(-c3ccco3)cc2NC(=O)c2ccc(C)cc2)n1. The molecule has 30 heavy (non-hydrogen) atoms. The lowest BCUT2D eigenvalue weighted by Gasteiger charge is -2.09. The zero-order chi connectivity index (χ0) is 21.1. The minimum Gasteiger partial charge on any atom is -0.463 e. The molecule has 3 aromatic heterocycles. The van der Waals surface area contributed by atoms with Gasteiger partial charge in [0.1, 0.15) is 11.5 Å². The van der Waals surface area contributed by atoms with E-state index in [2.05, 4.69) is 20.4 Å². The number of anilines is 1. The second kappa shape index (κ2) is 8.20. The van der Waals surface area contributed by atoms with Crippen molar-refractivity contribution in [1.29, 1.82) is 0 Å². The number of carbonyl (C=O) groups excluding carboxylic acids is 1. The van der Waals surface area contributed by atoms with Crippen molar-refractivity contribution in [2.45, 2.75) is 26.7 Å². The topological polar surface area (TPSA) is 106 Å². The van der Waals surface area contributed by atoms with E-state index in [1.54, 1.807) is 36.6 Å². The molecule has 152 valence electrons. The van der Waals surface area contributed by atoms with E-state index in [0.29, 0.717) is 35.0 Å². The molecule has 0 aliphatic carbocycles. The smallest absolute Gasteiger partial charge is 0.256 e. The van der Waals surface area contributed by atoms with E-state index in [4.69, 9.17) is 4.42 Å². The van der Waals surface area contributed by atoms with Crippen LogP contribution in [0.3, 0.4) is 0 Å². The molecule has 2 N–H and O–H groups in total. The van der Waals surface area contributed by atoms with Gasteiger partial charge in [0, 0.05) is 23.4 Å². The van der Waals surface area contributed by atoms with E-state index < -0.39 is 0 Å². The third-order valence-corrected chi connectivity index (χ3v) is 4.53. The monoisotopic (exact) mass is 403 g/mol. The lowest BCUT2D eigenvalue weighted by molar-refractivity contribution is 0.102. The van der Waals surface area contributed by atoms with Gasteiger partial charge in [-0.3, -0.25) is 14.6 Å². The highest BCUT2D eigenvalue weighted by molar-refractivity contribution is 6.04. The van der Waals surface area contributed by atoms with Gasteiger partial charge in [0.25, 0.3) is 11.5 Å². The Hall–Kier alpha value is -3.94. The van der Waals surface area contributed by atoms with Gasteiger partial charge < -0.3 is 9.73 Å². The molecule has 1 amide bonds. The number of aromatic amines is 1. The zero-order valence-corrected chi connectivity index (χ0v) is 16.7. The van der Waals surface area contributed by atoms with Crippen LogP contribution in [-0.4, -0.2) is 25.7 Å². The molecule has 0 aliphatic heterocycles. The summed E-state index contributed by atoms with van der Waals surface area (Å²) in [5.41, 5.74) is 2.44. The molecule has 0 fully saturated rings. The number of nitrogens with one attached hydrogen (secondary N) is 2. The molecule has 0 radical (unpaired) electrons. The highest BCUT2D eigenvalue weighted by Crippen LogP contribution is 2.24. The number of hydrogen-bond donors (Lipinski definition) is 2. The molecule has 8 heteroatoms. The molecule has 0 aliphatic rings. The number of amides is 1. The summed E-state index contributed by atoms with van der Waals surface area (Å²) in [6.07, 6.45) is 3.05. The van der Waals surface area contributed by atoms with Gasteiger partial charge in [-0.25, -0.2) is 4.98 Å². The zero-order valence-electron chi connectivity index (χ0n) is 16.7. The summed E-state index contributed by atoms with van der Waals surface area (Å²) >= 11 is 0. The number of furan rings is 1. The molecule has 3 heterocycles. The standard InChI is InChI=1S/C22H21N5O3/c1-3-5-16-12-20(28)25-22(23-16)27-19(13-17(26-27)18-6-4-11-30-18)24-21(29)15-9-7-14(2)8-10-15/h4,6-13H,3,5H2,1-2H3,(H,24,29)(H,23,25,28). The van der Waals surface area contributed by atoms with Gasteiger partial charge in [0.2, 0.25) is 5.95 Å². The fourth-order valence-electron chi connectivity index (χ4n) is 3.05. The van der Waals surface area contributed by atoms with Gasteiger partial charge in [-0.15, -0.1) is 0 Å². The number of aryl methyl sites for hydroxylation is 2. The van der Waals surface area contributed by atoms with Crippen LogP contribution in [0.15, 0.2) is 64.0 Å². The molecule has 0 saturated carbocycles. The Morgan fingerprint density at radius 1 is 1.20 bits per heavy atom. The largest absolute Gasteiger partial charge is 0.463 e. The molecule has 1 aromatic carbocycles. The average Bonchev–Trinajstić information content (AvgIpc) is 3.38. The molecule has 4 aromatic rings. The minimum absolute atomic E-state index is 0.225. The van der Waals surface area contributed by atoms with Gasteiger partial charge in [-0.2, -0.15) is 9.78 Å². The van der Waals surface area contributed by atoms with Crippen molar-refractivity contribution in [1.82, 2.24) is 19.7 Å². The predicted octanol–water partition coefficient (Wildman–Crippen LogP) is 3.73.